The Morgan fingerprint density at radius 2 is 2.37 bits per heavy atom. The summed E-state index contributed by atoms with van der Waals surface area (Å²) in [5.41, 5.74) is 0.580. The number of pyridine rings is 1. The van der Waals surface area contributed by atoms with Gasteiger partial charge in [-0.2, -0.15) is 0 Å². The molecule has 0 saturated carbocycles. The summed E-state index contributed by atoms with van der Waals surface area (Å²) in [6.07, 6.45) is 3.81. The van der Waals surface area contributed by atoms with Crippen molar-refractivity contribution in [2.24, 2.45) is 5.92 Å². The molecule has 2 heterocycles. The molecular formula is C13H21N3O2S. The van der Waals surface area contributed by atoms with Crippen LogP contribution in [-0.4, -0.2) is 33.0 Å². The lowest BCUT2D eigenvalue weighted by Crippen LogP contribution is -2.39. The molecule has 0 bridgehead atoms. The summed E-state index contributed by atoms with van der Waals surface area (Å²) in [4.78, 5) is 4.11. The Balaban J connectivity index is 1.94. The molecule has 1 saturated heterocycles. The third-order valence-corrected chi connectivity index (χ3v) is 5.28. The predicted molar refractivity (Wildman–Crippen MR) is 75.2 cm³/mol. The molecule has 1 aromatic heterocycles. The quantitative estimate of drug-likeness (QED) is 0.848. The van der Waals surface area contributed by atoms with Gasteiger partial charge in [0.2, 0.25) is 10.0 Å². The fraction of sp³-hybridized carbons (Fsp3) is 0.615. The minimum atomic E-state index is -3.35. The molecule has 1 aromatic rings. The zero-order chi connectivity index (χ0) is 13.7. The fourth-order valence-electron chi connectivity index (χ4n) is 2.23. The minimum absolute atomic E-state index is 0.388. The number of nitrogens with one attached hydrogen (secondary N) is 2. The summed E-state index contributed by atoms with van der Waals surface area (Å²) in [5, 5.41) is 2.66. The van der Waals surface area contributed by atoms with Crippen molar-refractivity contribution in [3.8, 4) is 0 Å². The molecule has 2 rings (SSSR count). The van der Waals surface area contributed by atoms with Gasteiger partial charge in [0.15, 0.2) is 0 Å². The fourth-order valence-corrected chi connectivity index (χ4v) is 3.41. The van der Waals surface area contributed by atoms with Gasteiger partial charge in [0.1, 0.15) is 5.25 Å². The molecule has 1 aliphatic rings. The van der Waals surface area contributed by atoms with Crippen molar-refractivity contribution in [3.63, 3.8) is 0 Å². The summed E-state index contributed by atoms with van der Waals surface area (Å²) in [7, 11) is -3.35. The molecule has 2 N–H and O–H groups in total. The number of sulfonamides is 1. The highest BCUT2D eigenvalue weighted by atomic mass is 32.2. The Morgan fingerprint density at radius 1 is 1.53 bits per heavy atom. The summed E-state index contributed by atoms with van der Waals surface area (Å²) < 4.78 is 27.1. The molecule has 0 radical (unpaired) electrons. The van der Waals surface area contributed by atoms with E-state index < -0.39 is 15.3 Å². The summed E-state index contributed by atoms with van der Waals surface area (Å²) in [5.74, 6) is 0.388. The highest BCUT2D eigenvalue weighted by Gasteiger charge is 2.24. The van der Waals surface area contributed by atoms with Gasteiger partial charge >= 0.3 is 0 Å². The van der Waals surface area contributed by atoms with Crippen molar-refractivity contribution in [2.75, 3.05) is 19.6 Å². The van der Waals surface area contributed by atoms with Crippen LogP contribution < -0.4 is 10.0 Å². The van der Waals surface area contributed by atoms with Crippen LogP contribution in [-0.2, 0) is 10.0 Å². The largest absolute Gasteiger partial charge is 0.316 e. The number of nitrogens with zero attached hydrogens (tertiary/aromatic N) is 1. The maximum Gasteiger partial charge on any atom is 0.219 e. The predicted octanol–water partition coefficient (Wildman–Crippen LogP) is 1.06. The van der Waals surface area contributed by atoms with E-state index in [1.165, 1.54) is 0 Å². The third-order valence-electron chi connectivity index (χ3n) is 3.54. The van der Waals surface area contributed by atoms with Crippen LogP contribution in [0.25, 0.3) is 0 Å². The van der Waals surface area contributed by atoms with Crippen LogP contribution in [0.15, 0.2) is 24.4 Å². The van der Waals surface area contributed by atoms with Crippen LogP contribution in [0.4, 0.5) is 0 Å². The van der Waals surface area contributed by atoms with Crippen LogP contribution in [0.2, 0.25) is 0 Å². The molecule has 19 heavy (non-hydrogen) atoms. The maximum atomic E-state index is 12.2. The van der Waals surface area contributed by atoms with Gasteiger partial charge in [-0.3, -0.25) is 4.98 Å². The molecule has 0 aliphatic carbocycles. The van der Waals surface area contributed by atoms with Crippen molar-refractivity contribution < 1.29 is 8.42 Å². The average Bonchev–Trinajstić information content (AvgIpc) is 2.46. The first kappa shape index (κ1) is 14.4. The second-order valence-corrected chi connectivity index (χ2v) is 7.09. The highest BCUT2D eigenvalue weighted by molar-refractivity contribution is 7.89. The second-order valence-electron chi connectivity index (χ2n) is 5.00. The van der Waals surface area contributed by atoms with E-state index in [1.807, 2.05) is 0 Å². The van der Waals surface area contributed by atoms with Gasteiger partial charge in [-0.05, 0) is 50.9 Å². The molecular weight excluding hydrogens is 262 g/mol. The Morgan fingerprint density at radius 3 is 3.00 bits per heavy atom. The van der Waals surface area contributed by atoms with E-state index in [1.54, 1.807) is 31.3 Å². The van der Waals surface area contributed by atoms with Gasteiger partial charge in [0, 0.05) is 12.7 Å². The number of rotatable bonds is 5. The molecule has 106 valence electrons. The van der Waals surface area contributed by atoms with Gasteiger partial charge in [-0.25, -0.2) is 13.1 Å². The molecule has 0 unspecified atom stereocenters. The standard InChI is InChI=1S/C13H21N3O2S/c1-11(13-6-2-3-8-15-13)19(17,18)16-10-12-5-4-7-14-9-12/h2-3,6,8,11-12,14,16H,4-5,7,9-10H2,1H3/t11-,12-/m0/s1. The van der Waals surface area contributed by atoms with Gasteiger partial charge in [-0.1, -0.05) is 6.07 Å². The SMILES string of the molecule is C[C@@H](c1ccccn1)S(=O)(=O)NC[C@H]1CCCNC1. The Labute approximate surface area is 114 Å². The van der Waals surface area contributed by atoms with Crippen molar-refractivity contribution >= 4 is 10.0 Å². The first-order chi connectivity index (χ1) is 9.09. The van der Waals surface area contributed by atoms with E-state index in [0.29, 0.717) is 18.2 Å². The Kier molecular flexibility index (Phi) is 4.90. The van der Waals surface area contributed by atoms with Crippen LogP contribution in [0.3, 0.4) is 0 Å². The lowest BCUT2D eigenvalue weighted by Gasteiger charge is -2.23. The topological polar surface area (TPSA) is 71.1 Å². The van der Waals surface area contributed by atoms with E-state index >= 15 is 0 Å². The van der Waals surface area contributed by atoms with Crippen LogP contribution in [0, 0.1) is 5.92 Å². The van der Waals surface area contributed by atoms with Crippen molar-refractivity contribution in [3.05, 3.63) is 30.1 Å². The summed E-state index contributed by atoms with van der Waals surface area (Å²) in [6.45, 7) is 4.10. The van der Waals surface area contributed by atoms with Gasteiger partial charge in [-0.15, -0.1) is 0 Å². The number of aromatic nitrogens is 1. The molecule has 0 aromatic carbocycles. The lowest BCUT2D eigenvalue weighted by molar-refractivity contribution is 0.375. The molecule has 0 spiro atoms. The van der Waals surface area contributed by atoms with Gasteiger partial charge in [0.25, 0.3) is 0 Å². The Bertz CT molecular complexity index is 484. The molecule has 2 atom stereocenters. The molecule has 0 amide bonds. The first-order valence-corrected chi connectivity index (χ1v) is 8.24. The molecule has 1 aliphatic heterocycles. The van der Waals surface area contributed by atoms with E-state index in [0.717, 1.165) is 25.9 Å². The molecule has 6 heteroatoms. The van der Waals surface area contributed by atoms with E-state index in [9.17, 15) is 8.42 Å². The smallest absolute Gasteiger partial charge is 0.219 e. The number of hydrogen-bond donors (Lipinski definition) is 2. The van der Waals surface area contributed by atoms with E-state index in [2.05, 4.69) is 15.0 Å². The first-order valence-electron chi connectivity index (χ1n) is 6.70. The minimum Gasteiger partial charge on any atom is -0.316 e. The Hall–Kier alpha value is -0.980. The van der Waals surface area contributed by atoms with E-state index in [4.69, 9.17) is 0 Å². The monoisotopic (exact) mass is 283 g/mol. The highest BCUT2D eigenvalue weighted by Crippen LogP contribution is 2.18. The zero-order valence-electron chi connectivity index (χ0n) is 11.2. The van der Waals surface area contributed by atoms with Crippen molar-refractivity contribution in [1.29, 1.82) is 0 Å². The van der Waals surface area contributed by atoms with E-state index in [-0.39, 0.29) is 0 Å². The van der Waals surface area contributed by atoms with Crippen LogP contribution >= 0.6 is 0 Å². The lowest BCUT2D eigenvalue weighted by atomic mass is 10.0. The maximum absolute atomic E-state index is 12.2. The van der Waals surface area contributed by atoms with Crippen molar-refractivity contribution in [2.45, 2.75) is 25.0 Å². The van der Waals surface area contributed by atoms with Crippen LogP contribution in [0.1, 0.15) is 30.7 Å². The van der Waals surface area contributed by atoms with Gasteiger partial charge < -0.3 is 5.32 Å². The van der Waals surface area contributed by atoms with Crippen molar-refractivity contribution in [1.82, 2.24) is 15.0 Å². The third kappa shape index (κ3) is 3.99. The molecule has 5 nitrogen and oxygen atoms in total. The second kappa shape index (κ2) is 6.45. The average molecular weight is 283 g/mol. The van der Waals surface area contributed by atoms with Gasteiger partial charge in [0.05, 0.1) is 5.69 Å². The number of piperidine rings is 1. The summed E-state index contributed by atoms with van der Waals surface area (Å²) >= 11 is 0. The summed E-state index contributed by atoms with van der Waals surface area (Å²) in [6, 6.07) is 5.33. The normalized spacial score (nSPS) is 22.1. The van der Waals surface area contributed by atoms with Crippen LogP contribution in [0.5, 0.6) is 0 Å². The number of hydrogen-bond acceptors (Lipinski definition) is 4. The zero-order valence-corrected chi connectivity index (χ0v) is 12.0. The molecule has 1 fully saturated rings.